The van der Waals surface area contributed by atoms with E-state index in [4.69, 9.17) is 4.55 Å². The van der Waals surface area contributed by atoms with E-state index < -0.39 is 23.2 Å². The molecule has 0 aliphatic heterocycles. The minimum absolute atomic E-state index is 0.102. The van der Waals surface area contributed by atoms with Gasteiger partial charge in [0.2, 0.25) is 11.8 Å². The van der Waals surface area contributed by atoms with Crippen LogP contribution in [-0.2, 0) is 30.5 Å². The van der Waals surface area contributed by atoms with Crippen molar-refractivity contribution in [1.82, 2.24) is 0 Å². The topological polar surface area (TPSA) is 139 Å². The van der Waals surface area contributed by atoms with Crippen LogP contribution >= 0.6 is 0 Å². The number of anilines is 2. The second-order valence-corrected chi connectivity index (χ2v) is 5.50. The average molecular weight is 356 g/mol. The van der Waals surface area contributed by atoms with Gasteiger partial charge in [-0.2, -0.15) is 4.21 Å². The van der Waals surface area contributed by atoms with Crippen LogP contribution in [0.2, 0.25) is 0 Å². The normalized spacial score (nSPS) is 11.3. The van der Waals surface area contributed by atoms with E-state index in [2.05, 4.69) is 14.8 Å². The third-order valence-electron chi connectivity index (χ3n) is 2.46. The van der Waals surface area contributed by atoms with Gasteiger partial charge in [0, 0.05) is 23.5 Å². The van der Waals surface area contributed by atoms with Crippen LogP contribution in [0.1, 0.15) is 26.7 Å². The number of ketones is 2. The highest BCUT2D eigenvalue weighted by molar-refractivity contribution is 7.74. The molecule has 2 amide bonds. The van der Waals surface area contributed by atoms with Gasteiger partial charge in [0.25, 0.3) is 0 Å². The van der Waals surface area contributed by atoms with Crippen molar-refractivity contribution in [3.63, 3.8) is 0 Å². The van der Waals surface area contributed by atoms with Gasteiger partial charge in [-0.15, -0.1) is 0 Å². The van der Waals surface area contributed by atoms with Crippen LogP contribution in [0.4, 0.5) is 11.4 Å². The molecule has 0 heterocycles. The van der Waals surface area contributed by atoms with E-state index in [9.17, 15) is 23.4 Å². The lowest BCUT2D eigenvalue weighted by atomic mass is 10.2. The van der Waals surface area contributed by atoms with Crippen molar-refractivity contribution in [2.75, 3.05) is 10.6 Å². The van der Waals surface area contributed by atoms with Crippen LogP contribution in [0.5, 0.6) is 5.75 Å². The number of hydrogen-bond acceptors (Lipinski definition) is 6. The lowest BCUT2D eigenvalue weighted by Crippen LogP contribution is -2.17. The summed E-state index contributed by atoms with van der Waals surface area (Å²) in [6, 6.07) is 3.84. The highest BCUT2D eigenvalue weighted by Crippen LogP contribution is 2.25. The van der Waals surface area contributed by atoms with Crippen molar-refractivity contribution in [1.29, 1.82) is 0 Å². The van der Waals surface area contributed by atoms with Crippen molar-refractivity contribution in [3.05, 3.63) is 18.2 Å². The van der Waals surface area contributed by atoms with Crippen LogP contribution in [0.15, 0.2) is 18.2 Å². The summed E-state index contributed by atoms with van der Waals surface area (Å²) < 4.78 is 24.1. The van der Waals surface area contributed by atoms with Gasteiger partial charge in [0.05, 0.1) is 12.8 Å². The Morgan fingerprint density at radius 1 is 0.958 bits per heavy atom. The third kappa shape index (κ3) is 7.61. The summed E-state index contributed by atoms with van der Waals surface area (Å²) in [7, 11) is 0. The maximum atomic E-state index is 11.6. The number of carbonyl (C=O) groups is 4. The largest absolute Gasteiger partial charge is 0.380 e. The molecule has 0 radical (unpaired) electrons. The van der Waals surface area contributed by atoms with Crippen LogP contribution in [0.3, 0.4) is 0 Å². The Balaban J connectivity index is 3.00. The summed E-state index contributed by atoms with van der Waals surface area (Å²) in [6.45, 7) is 2.50. The predicted molar refractivity (Wildman–Crippen MR) is 85.7 cm³/mol. The molecule has 0 bridgehead atoms. The molecule has 0 aromatic heterocycles. The molecule has 24 heavy (non-hydrogen) atoms. The molecule has 1 rings (SSSR count). The smallest absolute Gasteiger partial charge is 0.357 e. The molecule has 3 N–H and O–H groups in total. The number of Topliss-reactive ketones (excluding diaryl/α,β-unsaturated/α-hetero) is 2. The number of carbonyl (C=O) groups excluding carboxylic acids is 4. The first-order valence-corrected chi connectivity index (χ1v) is 7.71. The molecule has 0 spiro atoms. The minimum Gasteiger partial charge on any atom is -0.380 e. The van der Waals surface area contributed by atoms with Crippen molar-refractivity contribution in [2.45, 2.75) is 26.7 Å². The standard InChI is InChI=1S/C14H16N2O7S/c1-8(17)3-13(19)15-10-5-11(16-14(20)4-9(2)18)7-12(6-10)23-24(21)22/h5-7H,3-4H2,1-2H3,(H,15,19)(H,16,20)(H,21,22). The predicted octanol–water partition coefficient (Wildman–Crippen LogP) is 1.04. The zero-order valence-corrected chi connectivity index (χ0v) is 13.8. The lowest BCUT2D eigenvalue weighted by molar-refractivity contribution is -0.125. The first-order valence-electron chi connectivity index (χ1n) is 6.68. The fraction of sp³-hybridized carbons (Fsp3) is 0.286. The van der Waals surface area contributed by atoms with Crippen molar-refractivity contribution in [3.8, 4) is 5.75 Å². The second kappa shape index (κ2) is 8.89. The van der Waals surface area contributed by atoms with E-state index in [0.29, 0.717) is 0 Å². The SMILES string of the molecule is CC(=O)CC(=O)Nc1cc(NC(=O)CC(C)=O)cc(OS(=O)O)c1. The molecule has 0 saturated carbocycles. The van der Waals surface area contributed by atoms with Gasteiger partial charge >= 0.3 is 11.4 Å². The molecule has 0 fully saturated rings. The Morgan fingerprint density at radius 3 is 1.71 bits per heavy atom. The van der Waals surface area contributed by atoms with Gasteiger partial charge in [0.15, 0.2) is 0 Å². The summed E-state index contributed by atoms with van der Waals surface area (Å²) in [5.41, 5.74) is 0.282. The van der Waals surface area contributed by atoms with Gasteiger partial charge in [-0.3, -0.25) is 23.7 Å². The Labute approximate surface area is 140 Å². The van der Waals surface area contributed by atoms with E-state index in [1.807, 2.05) is 0 Å². The Hall–Kier alpha value is -2.59. The first-order chi connectivity index (χ1) is 11.2. The second-order valence-electron chi connectivity index (χ2n) is 4.90. The van der Waals surface area contributed by atoms with Crippen molar-refractivity contribution >= 4 is 46.1 Å². The summed E-state index contributed by atoms with van der Waals surface area (Å²) in [5.74, 6) is -1.97. The minimum atomic E-state index is -2.61. The Morgan fingerprint density at radius 2 is 1.38 bits per heavy atom. The first kappa shape index (κ1) is 19.5. The summed E-state index contributed by atoms with van der Waals surface area (Å²) in [4.78, 5) is 45.1. The van der Waals surface area contributed by atoms with Crippen LogP contribution < -0.4 is 14.8 Å². The summed E-state index contributed by atoms with van der Waals surface area (Å²) >= 11 is -2.61. The molecule has 1 atom stereocenters. The molecule has 130 valence electrons. The lowest BCUT2D eigenvalue weighted by Gasteiger charge is -2.11. The molecule has 0 saturated heterocycles. The molecule has 0 aliphatic rings. The fourth-order valence-corrected chi connectivity index (χ4v) is 2.00. The maximum absolute atomic E-state index is 11.6. The number of hydrogen-bond donors (Lipinski definition) is 3. The molecular formula is C14H16N2O7S. The number of rotatable bonds is 8. The van der Waals surface area contributed by atoms with Crippen LogP contribution in [-0.4, -0.2) is 32.1 Å². The Kier molecular flexibility index (Phi) is 7.21. The van der Waals surface area contributed by atoms with Gasteiger partial charge in [-0.1, -0.05) is 0 Å². The Bertz CT molecular complexity index is 654. The fourth-order valence-electron chi connectivity index (χ4n) is 1.74. The van der Waals surface area contributed by atoms with Gasteiger partial charge < -0.3 is 14.8 Å². The summed E-state index contributed by atoms with van der Waals surface area (Å²) in [6.07, 6.45) is -0.688. The van der Waals surface area contributed by atoms with E-state index >= 15 is 0 Å². The van der Waals surface area contributed by atoms with E-state index in [0.717, 1.165) is 0 Å². The van der Waals surface area contributed by atoms with Crippen molar-refractivity contribution < 1.29 is 32.1 Å². The van der Waals surface area contributed by atoms with Crippen molar-refractivity contribution in [2.24, 2.45) is 0 Å². The molecular weight excluding hydrogens is 340 g/mol. The molecule has 1 aromatic carbocycles. The maximum Gasteiger partial charge on any atom is 0.357 e. The highest BCUT2D eigenvalue weighted by atomic mass is 32.2. The van der Waals surface area contributed by atoms with E-state index in [1.54, 1.807) is 0 Å². The molecule has 1 unspecified atom stereocenters. The molecule has 9 nitrogen and oxygen atoms in total. The highest BCUT2D eigenvalue weighted by Gasteiger charge is 2.12. The third-order valence-corrected chi connectivity index (χ3v) is 2.80. The zero-order chi connectivity index (χ0) is 18.3. The zero-order valence-electron chi connectivity index (χ0n) is 13.0. The van der Waals surface area contributed by atoms with Gasteiger partial charge in [-0.25, -0.2) is 0 Å². The molecule has 10 heteroatoms. The molecule has 0 aliphatic carbocycles. The van der Waals surface area contributed by atoms with Crippen LogP contribution in [0, 0.1) is 0 Å². The van der Waals surface area contributed by atoms with E-state index in [1.165, 1.54) is 32.0 Å². The monoisotopic (exact) mass is 356 g/mol. The quantitative estimate of drug-likeness (QED) is 0.467. The number of nitrogens with one attached hydrogen (secondary N) is 2. The number of benzene rings is 1. The van der Waals surface area contributed by atoms with Gasteiger partial charge in [-0.05, 0) is 19.9 Å². The van der Waals surface area contributed by atoms with Crippen LogP contribution in [0.25, 0.3) is 0 Å². The van der Waals surface area contributed by atoms with Gasteiger partial charge in [0.1, 0.15) is 17.3 Å². The molecule has 1 aromatic rings. The average Bonchev–Trinajstić information content (AvgIpc) is 2.34. The number of amides is 2. The summed E-state index contributed by atoms with van der Waals surface area (Å²) in [5, 5.41) is 4.81. The van der Waals surface area contributed by atoms with E-state index in [-0.39, 0.29) is 41.5 Å².